The van der Waals surface area contributed by atoms with Gasteiger partial charge in [0.15, 0.2) is 5.71 Å². The first-order valence-corrected chi connectivity index (χ1v) is 21.3. The third-order valence-corrected chi connectivity index (χ3v) is 12.2. The summed E-state index contributed by atoms with van der Waals surface area (Å²) in [6.07, 6.45) is 9.07. The van der Waals surface area contributed by atoms with Crippen LogP contribution in [0.5, 0.6) is 0 Å². The van der Waals surface area contributed by atoms with E-state index in [4.69, 9.17) is 9.94 Å². The summed E-state index contributed by atoms with van der Waals surface area (Å²) in [6, 6.07) is 8.58. The van der Waals surface area contributed by atoms with Gasteiger partial charge in [-0.25, -0.2) is 21.6 Å². The summed E-state index contributed by atoms with van der Waals surface area (Å²) in [5, 5.41) is 9.59. The van der Waals surface area contributed by atoms with Crippen molar-refractivity contribution in [1.82, 2.24) is 5.06 Å². The van der Waals surface area contributed by atoms with Gasteiger partial charge in [0.2, 0.25) is 5.69 Å². The van der Waals surface area contributed by atoms with Gasteiger partial charge in [0.05, 0.1) is 15.2 Å². The average Bonchev–Trinajstić information content (AvgIpc) is 3.62. The molecule has 2 aromatic rings. The number of amides is 2. The van der Waals surface area contributed by atoms with Crippen molar-refractivity contribution in [3.63, 3.8) is 0 Å². The largest absolute Gasteiger partial charge is 1.00 e. The quantitative estimate of drug-likeness (QED) is 0.0792. The Morgan fingerprint density at radius 3 is 2.02 bits per heavy atom. The molecular formula is C39H46KN3O12S2. The van der Waals surface area contributed by atoms with E-state index in [2.05, 4.69) is 0 Å². The number of allylic oxidation sites excluding steroid dienone is 4. The predicted molar refractivity (Wildman–Crippen MR) is 201 cm³/mol. The van der Waals surface area contributed by atoms with Gasteiger partial charge < -0.3 is 23.9 Å². The molecule has 1 fully saturated rings. The number of carbonyl (C=O) groups is 4. The van der Waals surface area contributed by atoms with Crippen molar-refractivity contribution in [2.45, 2.75) is 113 Å². The van der Waals surface area contributed by atoms with Crippen molar-refractivity contribution >= 4 is 61.1 Å². The molecule has 3 heterocycles. The van der Waals surface area contributed by atoms with Crippen molar-refractivity contribution in [3.05, 3.63) is 71.5 Å². The standard InChI is InChI=1S/C39H47N3O12S2.K/c1-38(2)28-24-26(55(48,49)50)16-18-30(28)40(22-9-5-7-14-36(45)46)32(38)12-11-13-33-39(3,4)29-25-27(56(51,52)53)17-19-31(29)41(33)23-10-6-8-15-37(47)54-42-34(43)20-21-35(42)44;/h11-13,16-19,24-25H,5-10,14-15,20-23H2,1-4H3,(H2-,45,46,48,49,50,51,52,53);/q;+1/p-1. The number of rotatable bonds is 17. The summed E-state index contributed by atoms with van der Waals surface area (Å²) in [5.41, 5.74) is 2.83. The van der Waals surface area contributed by atoms with Gasteiger partial charge in [0.1, 0.15) is 26.8 Å². The van der Waals surface area contributed by atoms with Crippen LogP contribution in [-0.2, 0) is 55.1 Å². The third kappa shape index (κ3) is 10.6. The number of carboxylic acid groups (broad SMARTS) is 1. The molecule has 0 aliphatic carbocycles. The molecule has 0 radical (unpaired) electrons. The molecule has 1 saturated heterocycles. The number of imide groups is 1. The maximum Gasteiger partial charge on any atom is 1.00 e. The number of carbonyl (C=O) groups excluding carboxylic acids is 3. The van der Waals surface area contributed by atoms with Crippen molar-refractivity contribution in [2.24, 2.45) is 0 Å². The van der Waals surface area contributed by atoms with Crippen LogP contribution >= 0.6 is 0 Å². The fourth-order valence-corrected chi connectivity index (χ4v) is 8.57. The minimum absolute atomic E-state index is 0. The smallest absolute Gasteiger partial charge is 0.744 e. The Hall–Kier alpha value is -3.07. The van der Waals surface area contributed by atoms with Crippen LogP contribution in [0, 0.1) is 0 Å². The molecule has 0 aromatic heterocycles. The van der Waals surface area contributed by atoms with Gasteiger partial charge in [0, 0.05) is 73.2 Å². The SMILES string of the molecule is CC1(C)C(=CC=CC2=[N+](CCCCCC(=O)O)c3ccc(S(=O)(=O)[O-])cc3C2(C)C)N(CCCCCC(=O)ON2C(=O)CCC2=O)c2ccc(S(=O)(=O)[O-])cc21.[K+]. The maximum absolute atomic E-state index is 12.3. The number of hydroxylamine groups is 2. The molecule has 3 aliphatic heterocycles. The topological polar surface area (TPSA) is 222 Å². The minimum atomic E-state index is -4.75. The van der Waals surface area contributed by atoms with Crippen LogP contribution in [0.25, 0.3) is 0 Å². The number of benzene rings is 2. The summed E-state index contributed by atoms with van der Waals surface area (Å²) >= 11 is 0. The molecule has 0 spiro atoms. The van der Waals surface area contributed by atoms with Gasteiger partial charge in [-0.3, -0.25) is 14.4 Å². The molecule has 2 aromatic carbocycles. The summed E-state index contributed by atoms with van der Waals surface area (Å²) < 4.78 is 74.0. The second-order valence-corrected chi connectivity index (χ2v) is 17.9. The van der Waals surface area contributed by atoms with E-state index in [-0.39, 0.29) is 86.9 Å². The normalized spacial score (nSPS) is 18.0. The minimum Gasteiger partial charge on any atom is -0.744 e. The van der Waals surface area contributed by atoms with Crippen LogP contribution in [0.1, 0.15) is 103 Å². The van der Waals surface area contributed by atoms with Crippen molar-refractivity contribution < 1.29 is 111 Å². The zero-order chi connectivity index (χ0) is 41.2. The zero-order valence-corrected chi connectivity index (χ0v) is 37.5. The average molecular weight is 852 g/mol. The molecule has 0 bridgehead atoms. The van der Waals surface area contributed by atoms with Crippen molar-refractivity contribution in [3.8, 4) is 0 Å². The van der Waals surface area contributed by atoms with Crippen LogP contribution in [0.2, 0.25) is 0 Å². The second-order valence-electron chi connectivity index (χ2n) is 15.2. The molecule has 302 valence electrons. The summed E-state index contributed by atoms with van der Waals surface area (Å²) in [5.74, 6) is -2.67. The van der Waals surface area contributed by atoms with Crippen LogP contribution in [0.4, 0.5) is 11.4 Å². The Bertz CT molecular complexity index is 2250. The Labute approximate surface area is 375 Å². The summed E-state index contributed by atoms with van der Waals surface area (Å²) in [6.45, 7) is 8.64. The van der Waals surface area contributed by atoms with E-state index in [1.54, 1.807) is 12.1 Å². The summed E-state index contributed by atoms with van der Waals surface area (Å²) in [7, 11) is -9.47. The Kier molecular flexibility index (Phi) is 15.1. The molecule has 18 heteroatoms. The number of hydrogen-bond acceptors (Lipinski definition) is 12. The molecule has 0 atom stereocenters. The summed E-state index contributed by atoms with van der Waals surface area (Å²) in [4.78, 5) is 53.3. The number of aliphatic carboxylic acids is 1. The monoisotopic (exact) mass is 851 g/mol. The van der Waals surface area contributed by atoms with E-state index in [9.17, 15) is 45.1 Å². The van der Waals surface area contributed by atoms with E-state index in [1.165, 1.54) is 24.3 Å². The number of unbranched alkanes of at least 4 members (excludes halogenated alkanes) is 4. The molecule has 2 amide bonds. The van der Waals surface area contributed by atoms with E-state index in [1.807, 2.05) is 55.4 Å². The van der Waals surface area contributed by atoms with E-state index >= 15 is 0 Å². The van der Waals surface area contributed by atoms with Crippen LogP contribution in [0.15, 0.2) is 70.1 Å². The number of hydrogen-bond donors (Lipinski definition) is 1. The van der Waals surface area contributed by atoms with E-state index in [0.717, 1.165) is 17.1 Å². The van der Waals surface area contributed by atoms with Gasteiger partial charge in [0.25, 0.3) is 11.8 Å². The van der Waals surface area contributed by atoms with E-state index < -0.39 is 54.8 Å². The molecular weight excluding hydrogens is 806 g/mol. The van der Waals surface area contributed by atoms with E-state index in [0.29, 0.717) is 73.5 Å². The van der Waals surface area contributed by atoms with Crippen LogP contribution in [0.3, 0.4) is 0 Å². The first-order chi connectivity index (χ1) is 26.1. The molecule has 57 heavy (non-hydrogen) atoms. The fraction of sp³-hybridized carbons (Fsp3) is 0.462. The molecule has 3 aliphatic rings. The third-order valence-electron chi connectivity index (χ3n) is 10.5. The number of fused-ring (bicyclic) bond motifs is 2. The number of carboxylic acids is 1. The number of anilines is 1. The van der Waals surface area contributed by atoms with Crippen LogP contribution < -0.4 is 56.3 Å². The van der Waals surface area contributed by atoms with Crippen LogP contribution in [-0.4, -0.2) is 83.2 Å². The van der Waals surface area contributed by atoms with Crippen molar-refractivity contribution in [2.75, 3.05) is 18.0 Å². The number of nitrogens with zero attached hydrogens (tertiary/aromatic N) is 3. The molecule has 15 nitrogen and oxygen atoms in total. The van der Waals surface area contributed by atoms with Gasteiger partial charge in [-0.2, -0.15) is 4.58 Å². The maximum atomic E-state index is 12.3. The van der Waals surface area contributed by atoms with Gasteiger partial charge >= 0.3 is 63.3 Å². The molecule has 5 rings (SSSR count). The molecule has 0 saturated carbocycles. The molecule has 0 unspecified atom stereocenters. The fourth-order valence-electron chi connectivity index (χ4n) is 7.58. The Balaban J connectivity index is 0.00000720. The van der Waals surface area contributed by atoms with Crippen molar-refractivity contribution in [1.29, 1.82) is 0 Å². The zero-order valence-electron chi connectivity index (χ0n) is 32.8. The first-order valence-electron chi connectivity index (χ1n) is 18.4. The first kappa shape index (κ1) is 46.6. The molecule has 1 N–H and O–H groups in total. The Morgan fingerprint density at radius 2 is 1.40 bits per heavy atom. The Morgan fingerprint density at radius 1 is 0.825 bits per heavy atom. The second kappa shape index (κ2) is 18.5. The van der Waals surface area contributed by atoms with Gasteiger partial charge in [-0.1, -0.05) is 26.3 Å². The van der Waals surface area contributed by atoms with Gasteiger partial charge in [-0.15, -0.1) is 5.06 Å². The predicted octanol–water partition coefficient (Wildman–Crippen LogP) is 1.93. The van der Waals surface area contributed by atoms with Gasteiger partial charge in [-0.05, 0) is 81.5 Å².